The lowest BCUT2D eigenvalue weighted by Crippen LogP contribution is -2.38. The maximum Gasteiger partial charge on any atom is 0.294 e. The number of ether oxygens (including phenoxy) is 1. The minimum Gasteiger partial charge on any atom is -0.507 e. The van der Waals surface area contributed by atoms with Crippen molar-refractivity contribution < 1.29 is 9.84 Å². The van der Waals surface area contributed by atoms with E-state index in [9.17, 15) is 5.11 Å². The van der Waals surface area contributed by atoms with E-state index in [1.54, 1.807) is 10.7 Å². The van der Waals surface area contributed by atoms with Gasteiger partial charge in [0.15, 0.2) is 5.01 Å². The maximum absolute atomic E-state index is 10.6. The van der Waals surface area contributed by atoms with Crippen LogP contribution < -0.4 is 10.1 Å². The van der Waals surface area contributed by atoms with Gasteiger partial charge >= 0.3 is 0 Å². The number of phenolic OH excluding ortho intramolecular Hbond substituents is 1. The van der Waals surface area contributed by atoms with Crippen LogP contribution in [0.5, 0.6) is 10.9 Å². The van der Waals surface area contributed by atoms with E-state index in [1.165, 1.54) is 11.3 Å². The summed E-state index contributed by atoms with van der Waals surface area (Å²) in [5.74, 6) is 0.911. The Kier molecular flexibility index (Phi) is 3.69. The Bertz CT molecular complexity index is 1140. The number of rotatable bonds is 4. The first-order chi connectivity index (χ1) is 14.4. The molecule has 2 aromatic heterocycles. The van der Waals surface area contributed by atoms with Crippen LogP contribution in [0.1, 0.15) is 32.4 Å². The standard InChI is InChI=1S/C22H25N5O2S/c1-12-6-7-27(26-12)14-4-5-16(17(28)8-14)19-24-25-20(30-19)29-15-9-18-21(3)13(2)22(21,10-15)11-23-18/h4-8,13,15,18,23,28H,9-11H2,1-3H3. The highest BCUT2D eigenvalue weighted by atomic mass is 32.1. The molecule has 7 nitrogen and oxygen atoms in total. The largest absolute Gasteiger partial charge is 0.507 e. The number of aromatic nitrogens is 4. The Labute approximate surface area is 179 Å². The molecule has 1 saturated heterocycles. The molecule has 2 bridgehead atoms. The van der Waals surface area contributed by atoms with Crippen LogP contribution in [0.15, 0.2) is 30.5 Å². The number of aryl methyl sites for hydroxylation is 1. The molecule has 3 heterocycles. The van der Waals surface area contributed by atoms with Crippen molar-refractivity contribution in [3.8, 4) is 27.2 Å². The van der Waals surface area contributed by atoms with Crippen molar-refractivity contribution >= 4 is 11.3 Å². The molecule has 0 amide bonds. The van der Waals surface area contributed by atoms with E-state index in [4.69, 9.17) is 4.74 Å². The normalized spacial score (nSPS) is 34.0. The molecular weight excluding hydrogens is 398 g/mol. The average Bonchev–Trinajstić information content (AvgIpc) is 3.17. The molecule has 156 valence electrons. The molecule has 0 spiro atoms. The van der Waals surface area contributed by atoms with Gasteiger partial charge in [-0.1, -0.05) is 30.3 Å². The number of hydrogen-bond acceptors (Lipinski definition) is 7. The molecular formula is C22H25N5O2S. The Morgan fingerprint density at radius 1 is 1.30 bits per heavy atom. The molecule has 2 aliphatic carbocycles. The first-order valence-electron chi connectivity index (χ1n) is 10.5. The number of nitrogens with zero attached hydrogens (tertiary/aromatic N) is 4. The lowest BCUT2D eigenvalue weighted by Gasteiger charge is -2.31. The van der Waals surface area contributed by atoms with Gasteiger partial charge in [-0.3, -0.25) is 0 Å². The number of aromatic hydroxyl groups is 1. The molecule has 3 fully saturated rings. The number of benzene rings is 1. The monoisotopic (exact) mass is 423 g/mol. The molecule has 8 heteroatoms. The predicted octanol–water partition coefficient (Wildman–Crippen LogP) is 3.56. The highest BCUT2D eigenvalue weighted by molar-refractivity contribution is 7.16. The predicted molar refractivity (Wildman–Crippen MR) is 114 cm³/mol. The summed E-state index contributed by atoms with van der Waals surface area (Å²) in [7, 11) is 0. The number of hydrogen-bond donors (Lipinski definition) is 2. The van der Waals surface area contributed by atoms with Crippen LogP contribution in [-0.2, 0) is 0 Å². The molecule has 2 N–H and O–H groups in total. The van der Waals surface area contributed by atoms with Crippen molar-refractivity contribution in [3.63, 3.8) is 0 Å². The summed E-state index contributed by atoms with van der Waals surface area (Å²) >= 11 is 1.39. The van der Waals surface area contributed by atoms with E-state index >= 15 is 0 Å². The summed E-state index contributed by atoms with van der Waals surface area (Å²) in [4.78, 5) is 0. The van der Waals surface area contributed by atoms with Crippen molar-refractivity contribution in [1.82, 2.24) is 25.3 Å². The van der Waals surface area contributed by atoms with Crippen LogP contribution in [0.2, 0.25) is 0 Å². The molecule has 3 aromatic rings. The van der Waals surface area contributed by atoms with Crippen LogP contribution in [0.3, 0.4) is 0 Å². The van der Waals surface area contributed by atoms with Gasteiger partial charge in [-0.05, 0) is 48.3 Å². The van der Waals surface area contributed by atoms with Gasteiger partial charge in [0.2, 0.25) is 0 Å². The van der Waals surface area contributed by atoms with Gasteiger partial charge in [-0.15, -0.1) is 5.10 Å². The second-order valence-corrected chi connectivity index (χ2v) is 10.2. The molecule has 0 radical (unpaired) electrons. The summed E-state index contributed by atoms with van der Waals surface area (Å²) in [6.45, 7) is 7.85. The molecule has 2 saturated carbocycles. The van der Waals surface area contributed by atoms with E-state index in [2.05, 4.69) is 34.5 Å². The summed E-state index contributed by atoms with van der Waals surface area (Å²) in [5, 5.41) is 28.4. The second-order valence-electron chi connectivity index (χ2n) is 9.25. The van der Waals surface area contributed by atoms with Gasteiger partial charge in [0.25, 0.3) is 5.19 Å². The molecule has 3 aliphatic rings. The Morgan fingerprint density at radius 2 is 2.17 bits per heavy atom. The van der Waals surface area contributed by atoms with Crippen LogP contribution >= 0.6 is 11.3 Å². The minimum absolute atomic E-state index is 0.157. The summed E-state index contributed by atoms with van der Waals surface area (Å²) in [6, 6.07) is 7.93. The van der Waals surface area contributed by atoms with Crippen LogP contribution in [-0.4, -0.2) is 43.8 Å². The quantitative estimate of drug-likeness (QED) is 0.667. The fraction of sp³-hybridized carbons (Fsp3) is 0.500. The highest BCUT2D eigenvalue weighted by Gasteiger charge is 2.79. The summed E-state index contributed by atoms with van der Waals surface area (Å²) < 4.78 is 8.01. The summed E-state index contributed by atoms with van der Waals surface area (Å²) in [6.07, 6.45) is 4.13. The number of piperidine rings is 1. The lowest BCUT2D eigenvalue weighted by atomic mass is 9.79. The molecule has 5 unspecified atom stereocenters. The summed E-state index contributed by atoms with van der Waals surface area (Å²) in [5.41, 5.74) is 3.20. The molecule has 6 rings (SSSR count). The zero-order chi connectivity index (χ0) is 20.7. The average molecular weight is 424 g/mol. The first kappa shape index (κ1) is 18.3. The topological polar surface area (TPSA) is 85.1 Å². The third kappa shape index (κ3) is 2.37. The van der Waals surface area contributed by atoms with E-state index < -0.39 is 0 Å². The van der Waals surface area contributed by atoms with Crippen LogP contribution in [0.25, 0.3) is 16.3 Å². The molecule has 5 atom stereocenters. The maximum atomic E-state index is 10.6. The van der Waals surface area contributed by atoms with Gasteiger partial charge in [-0.2, -0.15) is 5.10 Å². The van der Waals surface area contributed by atoms with Crippen molar-refractivity contribution in [1.29, 1.82) is 0 Å². The SMILES string of the molecule is Cc1ccn(-c2ccc(-c3nnc(OC4CC5NCC6(C4)C(C)C56C)s3)c(O)c2)n1. The van der Waals surface area contributed by atoms with Gasteiger partial charge in [0.05, 0.1) is 16.9 Å². The van der Waals surface area contributed by atoms with E-state index in [0.717, 1.165) is 36.7 Å². The van der Waals surface area contributed by atoms with Crippen LogP contribution in [0, 0.1) is 23.7 Å². The fourth-order valence-electron chi connectivity index (χ4n) is 6.11. The van der Waals surface area contributed by atoms with Crippen LogP contribution in [0.4, 0.5) is 0 Å². The smallest absolute Gasteiger partial charge is 0.294 e. The lowest BCUT2D eigenvalue weighted by molar-refractivity contribution is 0.107. The Balaban J connectivity index is 1.20. The first-order valence-corrected chi connectivity index (χ1v) is 11.3. The Hall–Kier alpha value is -2.45. The fourth-order valence-corrected chi connectivity index (χ4v) is 6.91. The zero-order valence-electron chi connectivity index (χ0n) is 17.3. The van der Waals surface area contributed by atoms with Gasteiger partial charge in [0.1, 0.15) is 11.9 Å². The zero-order valence-corrected chi connectivity index (χ0v) is 18.1. The van der Waals surface area contributed by atoms with Crippen molar-refractivity contribution in [2.24, 2.45) is 16.7 Å². The van der Waals surface area contributed by atoms with Gasteiger partial charge in [-0.25, -0.2) is 4.68 Å². The Morgan fingerprint density at radius 3 is 2.87 bits per heavy atom. The second kappa shape index (κ2) is 6.04. The van der Waals surface area contributed by atoms with E-state index in [0.29, 0.717) is 32.6 Å². The molecule has 1 aromatic carbocycles. The van der Waals surface area contributed by atoms with Crippen molar-refractivity contribution in [2.75, 3.05) is 6.54 Å². The van der Waals surface area contributed by atoms with Gasteiger partial charge < -0.3 is 15.2 Å². The van der Waals surface area contributed by atoms with E-state index in [1.807, 2.05) is 31.3 Å². The van der Waals surface area contributed by atoms with Crippen molar-refractivity contribution in [2.45, 2.75) is 45.8 Å². The molecule has 30 heavy (non-hydrogen) atoms. The number of nitrogens with one attached hydrogen (secondary N) is 1. The van der Waals surface area contributed by atoms with Gasteiger partial charge in [0, 0.05) is 31.3 Å². The van der Waals surface area contributed by atoms with Crippen molar-refractivity contribution in [3.05, 3.63) is 36.2 Å². The third-order valence-electron chi connectivity index (χ3n) is 8.07. The number of phenols is 1. The van der Waals surface area contributed by atoms with E-state index in [-0.39, 0.29) is 11.9 Å². The molecule has 1 aliphatic heterocycles. The minimum atomic E-state index is 0.157. The highest BCUT2D eigenvalue weighted by Crippen LogP contribution is 2.77. The third-order valence-corrected chi connectivity index (χ3v) is 8.92.